The quantitative estimate of drug-likeness (QED) is 0.791. The van der Waals surface area contributed by atoms with E-state index in [1.54, 1.807) is 6.20 Å². The fourth-order valence-corrected chi connectivity index (χ4v) is 1.53. The average Bonchev–Trinajstić information content (AvgIpc) is 2.69. The van der Waals surface area contributed by atoms with E-state index in [1.807, 2.05) is 0 Å². The Kier molecular flexibility index (Phi) is 2.86. The maximum Gasteiger partial charge on any atom is 0.299 e. The van der Waals surface area contributed by atoms with Crippen molar-refractivity contribution in [1.82, 2.24) is 9.97 Å². The molecule has 0 aliphatic rings. The van der Waals surface area contributed by atoms with E-state index >= 15 is 0 Å². The van der Waals surface area contributed by atoms with Crippen LogP contribution in [0.3, 0.4) is 0 Å². The molecule has 0 bridgehead atoms. The van der Waals surface area contributed by atoms with E-state index in [-0.39, 0.29) is 11.3 Å². The lowest BCUT2D eigenvalue weighted by molar-refractivity contribution is 0.507. The van der Waals surface area contributed by atoms with Gasteiger partial charge in [0.05, 0.1) is 5.56 Å². The lowest BCUT2D eigenvalue weighted by Crippen LogP contribution is -1.92. The first-order valence-electron chi connectivity index (χ1n) is 4.28. The van der Waals surface area contributed by atoms with Crippen molar-refractivity contribution < 1.29 is 17.0 Å². The van der Waals surface area contributed by atoms with Gasteiger partial charge in [-0.05, 0) is 12.1 Å². The molecule has 2 aromatic rings. The fraction of sp³-hybridized carbons (Fsp3) is 0. The summed E-state index contributed by atoms with van der Waals surface area (Å²) >= 11 is 0. The highest BCUT2D eigenvalue weighted by molar-refractivity contribution is 7.67. The largest absolute Gasteiger partial charge is 0.384 e. The summed E-state index contributed by atoms with van der Waals surface area (Å²) in [6.07, 6.45) is 3.06. The van der Waals surface area contributed by atoms with Crippen LogP contribution >= 0.6 is 0 Å². The second kappa shape index (κ2) is 4.31. The van der Waals surface area contributed by atoms with E-state index in [2.05, 4.69) is 14.2 Å². The fourth-order valence-electron chi connectivity index (χ4n) is 1.24. The molecule has 0 radical (unpaired) electrons. The van der Waals surface area contributed by atoms with Crippen molar-refractivity contribution in [2.24, 2.45) is 0 Å². The Hall–Kier alpha value is -1.89. The molecule has 1 heterocycles. The number of thiol groups is 1. The second-order valence-electron chi connectivity index (χ2n) is 2.89. The lowest BCUT2D eigenvalue weighted by Gasteiger charge is -2.01. The van der Waals surface area contributed by atoms with Crippen LogP contribution in [0.2, 0.25) is 0 Å². The third-order valence-electron chi connectivity index (χ3n) is 1.87. The summed E-state index contributed by atoms with van der Waals surface area (Å²) in [4.78, 5) is 6.63. The van der Waals surface area contributed by atoms with Crippen molar-refractivity contribution in [3.8, 4) is 17.1 Å². The van der Waals surface area contributed by atoms with Crippen molar-refractivity contribution in [2.45, 2.75) is 0 Å². The van der Waals surface area contributed by atoms with Gasteiger partial charge in [-0.2, -0.15) is 8.42 Å². The van der Waals surface area contributed by atoms with Crippen LogP contribution in [-0.2, 0) is 11.0 Å². The number of rotatable bonds is 3. The highest BCUT2D eigenvalue weighted by Gasteiger charge is 2.08. The molecule has 0 aliphatic heterocycles. The number of H-pyrrole nitrogens is 1. The smallest absolute Gasteiger partial charge is 0.299 e. The zero-order valence-electron chi connectivity index (χ0n) is 7.88. The summed E-state index contributed by atoms with van der Waals surface area (Å²) in [5, 5.41) is 0. The van der Waals surface area contributed by atoms with Gasteiger partial charge in [0.2, 0.25) is 0 Å². The molecule has 1 N–H and O–H groups in total. The van der Waals surface area contributed by atoms with Crippen molar-refractivity contribution in [3.63, 3.8) is 0 Å². The molecule has 0 saturated carbocycles. The molecule has 2 rings (SSSR count). The Bertz CT molecular complexity index is 558. The zero-order chi connectivity index (χ0) is 11.5. The molecule has 84 valence electrons. The van der Waals surface area contributed by atoms with Gasteiger partial charge in [0.15, 0.2) is 0 Å². The summed E-state index contributed by atoms with van der Waals surface area (Å²) < 4.78 is 38.4. The molecular weight excluding hydrogens is 235 g/mol. The van der Waals surface area contributed by atoms with Gasteiger partial charge in [-0.25, -0.2) is 9.37 Å². The van der Waals surface area contributed by atoms with Crippen LogP contribution in [0.15, 0.2) is 30.6 Å². The first kappa shape index (κ1) is 10.6. The third-order valence-corrected chi connectivity index (χ3v) is 2.23. The molecule has 1 aromatic heterocycles. The predicted molar refractivity (Wildman–Crippen MR) is 54.9 cm³/mol. The van der Waals surface area contributed by atoms with Crippen molar-refractivity contribution in [1.29, 1.82) is 0 Å². The maximum absolute atomic E-state index is 13.5. The van der Waals surface area contributed by atoms with Gasteiger partial charge in [-0.15, -0.1) is 0 Å². The number of aromatic amines is 1. The minimum Gasteiger partial charge on any atom is -0.384 e. The van der Waals surface area contributed by atoms with Crippen LogP contribution in [0.25, 0.3) is 11.4 Å². The van der Waals surface area contributed by atoms with E-state index in [9.17, 15) is 12.8 Å². The Morgan fingerprint density at radius 2 is 2.19 bits per heavy atom. The molecule has 7 heteroatoms. The third kappa shape index (κ3) is 2.19. The topological polar surface area (TPSA) is 72.1 Å². The van der Waals surface area contributed by atoms with Crippen LogP contribution in [0.1, 0.15) is 0 Å². The van der Waals surface area contributed by atoms with Gasteiger partial charge in [0.1, 0.15) is 17.4 Å². The summed E-state index contributed by atoms with van der Waals surface area (Å²) in [7, 11) is -3.03. The van der Waals surface area contributed by atoms with E-state index in [4.69, 9.17) is 0 Å². The van der Waals surface area contributed by atoms with Gasteiger partial charge < -0.3 is 9.17 Å². The minimum absolute atomic E-state index is 0.0658. The predicted octanol–water partition coefficient (Wildman–Crippen LogP) is 1.12. The van der Waals surface area contributed by atoms with E-state index < -0.39 is 16.8 Å². The van der Waals surface area contributed by atoms with Gasteiger partial charge in [-0.1, -0.05) is 0 Å². The average molecular weight is 242 g/mol. The lowest BCUT2D eigenvalue weighted by atomic mass is 10.2. The molecule has 0 saturated heterocycles. The maximum atomic E-state index is 13.5. The number of benzene rings is 1. The molecule has 0 atom stereocenters. The Labute approximate surface area is 92.1 Å². The molecule has 5 nitrogen and oxygen atoms in total. The highest BCUT2D eigenvalue weighted by atomic mass is 32.2. The summed E-state index contributed by atoms with van der Waals surface area (Å²) in [5.41, 5.74) is 0.249. The van der Waals surface area contributed by atoms with E-state index in [0.717, 1.165) is 6.07 Å². The summed E-state index contributed by atoms with van der Waals surface area (Å²) in [5.74, 6) is -0.302. The number of hydrogen-bond donors (Lipinski definition) is 2. The van der Waals surface area contributed by atoms with E-state index in [0.29, 0.717) is 5.82 Å². The normalized spacial score (nSPS) is 10.6. The molecular formula is C9H7FN2O3S. The Morgan fingerprint density at radius 3 is 2.75 bits per heavy atom. The molecule has 1 aromatic carbocycles. The number of aromatic nitrogens is 2. The Balaban J connectivity index is 2.37. The second-order valence-corrected chi connectivity index (χ2v) is 3.52. The van der Waals surface area contributed by atoms with Crippen LogP contribution in [0.5, 0.6) is 5.75 Å². The molecule has 0 aliphatic carbocycles. The standard InChI is InChI=1S/C9H7FN2O3S/c10-8-5-6(15-16(13)14)1-2-7(8)9-11-3-4-12-9/h1-5,16H,(H,11,12). The number of halogens is 1. The van der Waals surface area contributed by atoms with Crippen LogP contribution < -0.4 is 4.18 Å². The molecule has 0 fully saturated rings. The summed E-state index contributed by atoms with van der Waals surface area (Å²) in [6, 6.07) is 3.73. The van der Waals surface area contributed by atoms with Crippen LogP contribution in [0.4, 0.5) is 4.39 Å². The van der Waals surface area contributed by atoms with Gasteiger partial charge in [-0.3, -0.25) is 0 Å². The van der Waals surface area contributed by atoms with Crippen molar-refractivity contribution in [2.75, 3.05) is 0 Å². The number of nitrogens with one attached hydrogen (secondary N) is 1. The van der Waals surface area contributed by atoms with Gasteiger partial charge in [0, 0.05) is 18.5 Å². The minimum atomic E-state index is -3.03. The molecule has 0 amide bonds. The van der Waals surface area contributed by atoms with Crippen LogP contribution in [0, 0.1) is 5.82 Å². The molecule has 0 unspecified atom stereocenters. The monoisotopic (exact) mass is 242 g/mol. The first-order chi connectivity index (χ1) is 7.66. The number of nitrogens with zero attached hydrogens (tertiary/aromatic N) is 1. The summed E-state index contributed by atoms with van der Waals surface area (Å²) in [6.45, 7) is 0. The highest BCUT2D eigenvalue weighted by Crippen LogP contribution is 2.23. The van der Waals surface area contributed by atoms with Gasteiger partial charge in [0.25, 0.3) is 11.0 Å². The van der Waals surface area contributed by atoms with E-state index in [1.165, 1.54) is 18.3 Å². The number of imidazole rings is 1. The van der Waals surface area contributed by atoms with Crippen molar-refractivity contribution >= 4 is 11.0 Å². The number of hydrogen-bond acceptors (Lipinski definition) is 4. The SMILES string of the molecule is O=[SH](=O)Oc1ccc(-c2ncc[nH]2)c(F)c1. The molecule has 16 heavy (non-hydrogen) atoms. The molecule has 0 spiro atoms. The van der Waals surface area contributed by atoms with Crippen LogP contribution in [-0.4, -0.2) is 18.4 Å². The first-order valence-corrected chi connectivity index (χ1v) is 5.38. The van der Waals surface area contributed by atoms with Crippen molar-refractivity contribution in [3.05, 3.63) is 36.4 Å². The Morgan fingerprint density at radius 1 is 1.38 bits per heavy atom. The zero-order valence-corrected chi connectivity index (χ0v) is 8.78. The van der Waals surface area contributed by atoms with Gasteiger partial charge >= 0.3 is 0 Å².